The van der Waals surface area contributed by atoms with Crippen LogP contribution in [0, 0.1) is 6.92 Å². The van der Waals surface area contributed by atoms with Gasteiger partial charge in [-0.1, -0.05) is 46.6 Å². The molecule has 0 aliphatic rings. The first-order valence-electron chi connectivity index (χ1n) is 8.22. The second-order valence-electron chi connectivity index (χ2n) is 5.78. The van der Waals surface area contributed by atoms with Crippen LogP contribution in [0.5, 0.6) is 0 Å². The molecule has 0 amide bonds. The molecule has 0 unspecified atom stereocenters. The highest BCUT2D eigenvalue weighted by molar-refractivity contribution is 6.30. The van der Waals surface area contributed by atoms with Crippen molar-refractivity contribution in [2.75, 3.05) is 7.05 Å². The Morgan fingerprint density at radius 3 is 2.42 bits per heavy atom. The molecule has 26 heavy (non-hydrogen) atoms. The molecule has 0 spiro atoms. The molecule has 0 saturated carbocycles. The minimum atomic E-state index is 0.383. The number of nitrogens with zero attached hydrogens (tertiary/aromatic N) is 3. The van der Waals surface area contributed by atoms with Gasteiger partial charge in [0.2, 0.25) is 11.7 Å². The largest absolute Gasteiger partial charge is 0.352 e. The summed E-state index contributed by atoms with van der Waals surface area (Å²) in [5.41, 5.74) is 3.27. The third-order valence-corrected chi connectivity index (χ3v) is 4.03. The summed E-state index contributed by atoms with van der Waals surface area (Å²) in [5, 5.41) is 11.1. The quantitative estimate of drug-likeness (QED) is 0.531. The Bertz CT molecular complexity index is 872. The molecule has 134 valence electrons. The lowest BCUT2D eigenvalue weighted by Crippen LogP contribution is -2.36. The highest BCUT2D eigenvalue weighted by Crippen LogP contribution is 2.18. The van der Waals surface area contributed by atoms with Crippen LogP contribution in [0.1, 0.15) is 17.0 Å². The Balaban J connectivity index is 1.54. The van der Waals surface area contributed by atoms with E-state index in [1.54, 1.807) is 19.2 Å². The van der Waals surface area contributed by atoms with Crippen LogP contribution in [-0.2, 0) is 13.1 Å². The van der Waals surface area contributed by atoms with Gasteiger partial charge >= 0.3 is 0 Å². The maximum Gasteiger partial charge on any atom is 0.246 e. The molecule has 1 heterocycles. The van der Waals surface area contributed by atoms with Crippen LogP contribution < -0.4 is 10.6 Å². The predicted molar refractivity (Wildman–Crippen MR) is 103 cm³/mol. The number of hydrogen-bond acceptors (Lipinski definition) is 4. The molecule has 7 heteroatoms. The third kappa shape index (κ3) is 4.83. The normalized spacial score (nSPS) is 11.4. The van der Waals surface area contributed by atoms with Crippen molar-refractivity contribution in [1.29, 1.82) is 0 Å². The fourth-order valence-corrected chi connectivity index (χ4v) is 2.44. The number of aryl methyl sites for hydroxylation is 1. The molecule has 0 atom stereocenters. The molecule has 0 bridgehead atoms. The summed E-state index contributed by atoms with van der Waals surface area (Å²) in [7, 11) is 1.72. The molecule has 0 aliphatic heterocycles. The number of benzene rings is 2. The average molecular weight is 370 g/mol. The van der Waals surface area contributed by atoms with E-state index in [0.29, 0.717) is 35.8 Å². The van der Waals surface area contributed by atoms with Crippen molar-refractivity contribution in [1.82, 2.24) is 20.8 Å². The van der Waals surface area contributed by atoms with Crippen molar-refractivity contribution >= 4 is 17.6 Å². The van der Waals surface area contributed by atoms with Gasteiger partial charge in [0, 0.05) is 24.2 Å². The fourth-order valence-electron chi connectivity index (χ4n) is 2.31. The lowest BCUT2D eigenvalue weighted by molar-refractivity contribution is 0.375. The van der Waals surface area contributed by atoms with Crippen LogP contribution in [0.4, 0.5) is 0 Å². The van der Waals surface area contributed by atoms with Gasteiger partial charge in [-0.25, -0.2) is 0 Å². The smallest absolute Gasteiger partial charge is 0.246 e. The van der Waals surface area contributed by atoms with Gasteiger partial charge < -0.3 is 15.2 Å². The number of nitrogens with one attached hydrogen (secondary N) is 2. The maximum atomic E-state index is 5.89. The summed E-state index contributed by atoms with van der Waals surface area (Å²) in [5.74, 6) is 1.67. The van der Waals surface area contributed by atoms with Gasteiger partial charge in [0.15, 0.2) is 5.96 Å². The van der Waals surface area contributed by atoms with E-state index in [4.69, 9.17) is 16.1 Å². The van der Waals surface area contributed by atoms with E-state index in [1.165, 1.54) is 11.1 Å². The van der Waals surface area contributed by atoms with E-state index in [1.807, 2.05) is 12.1 Å². The van der Waals surface area contributed by atoms with Gasteiger partial charge in [-0.15, -0.1) is 0 Å². The summed E-state index contributed by atoms with van der Waals surface area (Å²) < 4.78 is 5.28. The molecule has 3 aromatic rings. The zero-order valence-electron chi connectivity index (χ0n) is 14.7. The van der Waals surface area contributed by atoms with Gasteiger partial charge in [0.1, 0.15) is 0 Å². The van der Waals surface area contributed by atoms with Crippen LogP contribution in [0.3, 0.4) is 0 Å². The molecular formula is C19H20ClN5O. The lowest BCUT2D eigenvalue weighted by Gasteiger charge is -2.10. The molecule has 2 N–H and O–H groups in total. The summed E-state index contributed by atoms with van der Waals surface area (Å²) >= 11 is 5.89. The molecule has 3 rings (SSSR count). The van der Waals surface area contributed by atoms with Crippen LogP contribution in [-0.4, -0.2) is 23.1 Å². The van der Waals surface area contributed by atoms with Crippen molar-refractivity contribution in [2.45, 2.75) is 20.0 Å². The Hall–Kier alpha value is -2.86. The maximum absolute atomic E-state index is 5.89. The SMILES string of the molecule is CN=C(NCc1ccc(C)cc1)NCc1nc(-c2ccc(Cl)cc2)no1. The molecule has 0 fully saturated rings. The van der Waals surface area contributed by atoms with Crippen LogP contribution >= 0.6 is 11.6 Å². The summed E-state index contributed by atoms with van der Waals surface area (Å²) in [6.45, 7) is 3.13. The molecule has 0 aliphatic carbocycles. The third-order valence-electron chi connectivity index (χ3n) is 3.78. The fraction of sp³-hybridized carbons (Fsp3) is 0.211. The van der Waals surface area contributed by atoms with Gasteiger partial charge in [0.25, 0.3) is 0 Å². The first kappa shape index (κ1) is 17.9. The van der Waals surface area contributed by atoms with Crippen molar-refractivity contribution < 1.29 is 4.52 Å². The van der Waals surface area contributed by atoms with Crippen molar-refractivity contribution in [2.24, 2.45) is 4.99 Å². The van der Waals surface area contributed by atoms with Gasteiger partial charge in [-0.05, 0) is 36.8 Å². The van der Waals surface area contributed by atoms with Crippen LogP contribution in [0.25, 0.3) is 11.4 Å². The molecule has 2 aromatic carbocycles. The molecule has 1 aromatic heterocycles. The first-order chi connectivity index (χ1) is 12.6. The second kappa shape index (κ2) is 8.49. The molecule has 0 saturated heterocycles. The summed E-state index contributed by atoms with van der Waals surface area (Å²) in [6.07, 6.45) is 0. The van der Waals surface area contributed by atoms with Gasteiger partial charge in [-0.2, -0.15) is 4.98 Å². The highest BCUT2D eigenvalue weighted by Gasteiger charge is 2.09. The topological polar surface area (TPSA) is 75.3 Å². The van der Waals surface area contributed by atoms with Gasteiger partial charge in [-0.3, -0.25) is 4.99 Å². The second-order valence-corrected chi connectivity index (χ2v) is 6.22. The van der Waals surface area contributed by atoms with E-state index < -0.39 is 0 Å². The number of aromatic nitrogens is 2. The van der Waals surface area contributed by atoms with E-state index in [-0.39, 0.29) is 0 Å². The van der Waals surface area contributed by atoms with Crippen LogP contribution in [0.2, 0.25) is 5.02 Å². The number of aliphatic imine (C=N–C) groups is 1. The average Bonchev–Trinajstić information content (AvgIpc) is 3.13. The summed E-state index contributed by atoms with van der Waals surface area (Å²) in [6, 6.07) is 15.6. The zero-order chi connectivity index (χ0) is 18.4. The number of hydrogen-bond donors (Lipinski definition) is 2. The van der Waals surface area contributed by atoms with Gasteiger partial charge in [0.05, 0.1) is 6.54 Å². The minimum absolute atomic E-state index is 0.383. The predicted octanol–water partition coefficient (Wildman–Crippen LogP) is 3.56. The Kier molecular flexibility index (Phi) is 5.86. The standard InChI is InChI=1S/C19H20ClN5O/c1-13-3-5-14(6-4-13)11-22-19(21-2)23-12-17-24-18(25-26-17)15-7-9-16(20)10-8-15/h3-10H,11-12H2,1-2H3,(H2,21,22,23). The Morgan fingerprint density at radius 1 is 1.04 bits per heavy atom. The zero-order valence-corrected chi connectivity index (χ0v) is 15.4. The van der Waals surface area contributed by atoms with Crippen molar-refractivity contribution in [3.8, 4) is 11.4 Å². The van der Waals surface area contributed by atoms with E-state index in [2.05, 4.69) is 57.0 Å². The van der Waals surface area contributed by atoms with Crippen LogP contribution in [0.15, 0.2) is 58.0 Å². The molecular weight excluding hydrogens is 350 g/mol. The number of halogens is 1. The van der Waals surface area contributed by atoms with E-state index in [0.717, 1.165) is 5.56 Å². The van der Waals surface area contributed by atoms with Crippen molar-refractivity contribution in [3.63, 3.8) is 0 Å². The summed E-state index contributed by atoms with van der Waals surface area (Å²) in [4.78, 5) is 8.58. The van der Waals surface area contributed by atoms with E-state index in [9.17, 15) is 0 Å². The molecule has 0 radical (unpaired) electrons. The van der Waals surface area contributed by atoms with E-state index >= 15 is 0 Å². The number of rotatable bonds is 5. The van der Waals surface area contributed by atoms with Crippen molar-refractivity contribution in [3.05, 3.63) is 70.6 Å². The highest BCUT2D eigenvalue weighted by atomic mass is 35.5. The monoisotopic (exact) mass is 369 g/mol. The number of guanidine groups is 1. The first-order valence-corrected chi connectivity index (χ1v) is 8.60. The Labute approximate surface area is 157 Å². The Morgan fingerprint density at radius 2 is 1.73 bits per heavy atom. The molecule has 6 nitrogen and oxygen atoms in total. The lowest BCUT2D eigenvalue weighted by atomic mass is 10.1. The minimum Gasteiger partial charge on any atom is -0.352 e.